The summed E-state index contributed by atoms with van der Waals surface area (Å²) in [5.41, 5.74) is 1.62. The van der Waals surface area contributed by atoms with E-state index < -0.39 is 0 Å². The van der Waals surface area contributed by atoms with Gasteiger partial charge in [-0.3, -0.25) is 9.59 Å². The maximum absolute atomic E-state index is 13.2. The van der Waals surface area contributed by atoms with Gasteiger partial charge in [-0.25, -0.2) is 0 Å². The van der Waals surface area contributed by atoms with Crippen molar-refractivity contribution in [3.8, 4) is 22.8 Å². The van der Waals surface area contributed by atoms with E-state index in [-0.39, 0.29) is 24.4 Å². The third kappa shape index (κ3) is 6.19. The van der Waals surface area contributed by atoms with Gasteiger partial charge in [0.2, 0.25) is 5.91 Å². The van der Waals surface area contributed by atoms with Crippen molar-refractivity contribution in [2.45, 2.75) is 26.3 Å². The average molecular weight is 524 g/mol. The molecule has 196 valence electrons. The minimum absolute atomic E-state index is 0.0321. The summed E-state index contributed by atoms with van der Waals surface area (Å²) in [5, 5.41) is 10.8. The van der Waals surface area contributed by atoms with Crippen LogP contribution in [0.25, 0.3) is 11.3 Å². The van der Waals surface area contributed by atoms with Crippen LogP contribution in [-0.4, -0.2) is 84.8 Å². The molecule has 0 atom stereocenters. The maximum atomic E-state index is 13.2. The van der Waals surface area contributed by atoms with Crippen LogP contribution in [0.2, 0.25) is 0 Å². The van der Waals surface area contributed by atoms with Crippen LogP contribution in [-0.2, 0) is 4.79 Å². The SMILES string of the molecule is COc1ccc(-c2ccc(N3CCCN(C(=O)CN(C(=O)c4cccs4)C(C)C)CC3)nn2)cc1OC. The van der Waals surface area contributed by atoms with Gasteiger partial charge in [0.25, 0.3) is 5.91 Å². The van der Waals surface area contributed by atoms with Crippen molar-refractivity contribution in [1.82, 2.24) is 20.0 Å². The zero-order valence-corrected chi connectivity index (χ0v) is 22.5. The van der Waals surface area contributed by atoms with Gasteiger partial charge in [-0.1, -0.05) is 6.07 Å². The number of benzene rings is 1. The highest BCUT2D eigenvalue weighted by atomic mass is 32.1. The van der Waals surface area contributed by atoms with Gasteiger partial charge in [0.05, 0.1) is 24.8 Å². The standard InChI is InChI=1S/C27H33N5O4S/c1-19(2)32(27(34)24-7-5-16-37-24)18-26(33)31-13-6-12-30(14-15-31)25-11-9-21(28-29-25)20-8-10-22(35-3)23(17-20)36-4/h5,7-11,16-17,19H,6,12-15,18H2,1-4H3. The minimum Gasteiger partial charge on any atom is -0.493 e. The molecule has 0 radical (unpaired) electrons. The first-order valence-corrected chi connectivity index (χ1v) is 13.2. The van der Waals surface area contributed by atoms with Crippen molar-refractivity contribution in [2.75, 3.05) is 51.8 Å². The van der Waals surface area contributed by atoms with Gasteiger partial charge >= 0.3 is 0 Å². The van der Waals surface area contributed by atoms with Gasteiger partial charge in [0.1, 0.15) is 6.54 Å². The second kappa shape index (κ2) is 12.1. The second-order valence-corrected chi connectivity index (χ2v) is 10.0. The van der Waals surface area contributed by atoms with Crippen LogP contribution < -0.4 is 14.4 Å². The Labute approximate surface area is 221 Å². The van der Waals surface area contributed by atoms with E-state index in [9.17, 15) is 9.59 Å². The lowest BCUT2D eigenvalue weighted by Gasteiger charge is -2.29. The molecule has 3 heterocycles. The summed E-state index contributed by atoms with van der Waals surface area (Å²) in [4.78, 5) is 32.3. The highest BCUT2D eigenvalue weighted by Crippen LogP contribution is 2.31. The zero-order valence-electron chi connectivity index (χ0n) is 21.7. The number of aromatic nitrogens is 2. The van der Waals surface area contributed by atoms with Crippen LogP contribution in [0, 0.1) is 0 Å². The molecule has 3 aromatic rings. The molecule has 1 saturated heterocycles. The van der Waals surface area contributed by atoms with E-state index in [1.54, 1.807) is 25.2 Å². The molecule has 0 spiro atoms. The van der Waals surface area contributed by atoms with E-state index in [0.29, 0.717) is 36.0 Å². The fourth-order valence-electron chi connectivity index (χ4n) is 4.32. The third-order valence-electron chi connectivity index (χ3n) is 6.42. The molecule has 37 heavy (non-hydrogen) atoms. The number of amides is 2. The Morgan fingerprint density at radius 2 is 1.81 bits per heavy atom. The molecule has 1 aromatic carbocycles. The Kier molecular flexibility index (Phi) is 8.60. The predicted octanol–water partition coefficient (Wildman–Crippen LogP) is 3.81. The van der Waals surface area contributed by atoms with Gasteiger partial charge in [0.15, 0.2) is 17.3 Å². The van der Waals surface area contributed by atoms with Crippen molar-refractivity contribution >= 4 is 29.0 Å². The average Bonchev–Trinajstić information content (AvgIpc) is 3.35. The minimum atomic E-state index is -0.0976. The molecule has 2 amide bonds. The first-order valence-electron chi connectivity index (χ1n) is 12.3. The van der Waals surface area contributed by atoms with Crippen LogP contribution in [0.15, 0.2) is 47.8 Å². The van der Waals surface area contributed by atoms with Crippen molar-refractivity contribution in [3.05, 3.63) is 52.7 Å². The van der Waals surface area contributed by atoms with Crippen molar-refractivity contribution in [3.63, 3.8) is 0 Å². The zero-order chi connectivity index (χ0) is 26.4. The lowest BCUT2D eigenvalue weighted by molar-refractivity contribution is -0.132. The molecular formula is C27H33N5O4S. The number of carbonyl (C=O) groups excluding carboxylic acids is 2. The monoisotopic (exact) mass is 523 g/mol. The predicted molar refractivity (Wildman–Crippen MR) is 144 cm³/mol. The Morgan fingerprint density at radius 1 is 1.00 bits per heavy atom. The largest absolute Gasteiger partial charge is 0.493 e. The fraction of sp³-hybridized carbons (Fsp3) is 0.407. The number of rotatable bonds is 8. The summed E-state index contributed by atoms with van der Waals surface area (Å²) in [7, 11) is 3.21. The van der Waals surface area contributed by atoms with E-state index in [1.807, 2.05) is 60.5 Å². The molecule has 9 nitrogen and oxygen atoms in total. The van der Waals surface area contributed by atoms with Crippen molar-refractivity contribution in [1.29, 1.82) is 0 Å². The number of methoxy groups -OCH3 is 2. The van der Waals surface area contributed by atoms with E-state index in [0.717, 1.165) is 30.0 Å². The number of thiophene rings is 1. The number of ether oxygens (including phenoxy) is 2. The molecule has 4 rings (SSSR count). The summed E-state index contributed by atoms with van der Waals surface area (Å²) in [6.45, 7) is 6.59. The van der Waals surface area contributed by atoms with Crippen molar-refractivity contribution in [2.24, 2.45) is 0 Å². The molecule has 10 heteroatoms. The van der Waals surface area contributed by atoms with E-state index in [4.69, 9.17) is 9.47 Å². The summed E-state index contributed by atoms with van der Waals surface area (Å²) < 4.78 is 10.7. The number of anilines is 1. The maximum Gasteiger partial charge on any atom is 0.264 e. The first kappa shape index (κ1) is 26.4. The first-order chi connectivity index (χ1) is 17.9. The Morgan fingerprint density at radius 3 is 2.46 bits per heavy atom. The van der Waals surface area contributed by atoms with Crippen LogP contribution >= 0.6 is 11.3 Å². The number of hydrogen-bond donors (Lipinski definition) is 0. The van der Waals surface area contributed by atoms with Crippen molar-refractivity contribution < 1.29 is 19.1 Å². The van der Waals surface area contributed by atoms with Gasteiger partial charge < -0.3 is 24.2 Å². The molecule has 2 aromatic heterocycles. The highest BCUT2D eigenvalue weighted by molar-refractivity contribution is 7.12. The van der Waals surface area contributed by atoms with Gasteiger partial charge in [-0.05, 0) is 62.0 Å². The Bertz CT molecular complexity index is 1200. The van der Waals surface area contributed by atoms with E-state index in [1.165, 1.54) is 11.3 Å². The molecule has 0 N–H and O–H groups in total. The van der Waals surface area contributed by atoms with Crippen LogP contribution in [0.1, 0.15) is 29.9 Å². The quantitative estimate of drug-likeness (QED) is 0.444. The third-order valence-corrected chi connectivity index (χ3v) is 7.28. The van der Waals surface area contributed by atoms with Crippen LogP contribution in [0.3, 0.4) is 0 Å². The number of hydrogen-bond acceptors (Lipinski definition) is 8. The molecule has 1 aliphatic heterocycles. The molecular weight excluding hydrogens is 490 g/mol. The van der Waals surface area contributed by atoms with Gasteiger partial charge in [-0.15, -0.1) is 21.5 Å². The van der Waals surface area contributed by atoms with Crippen LogP contribution in [0.4, 0.5) is 5.82 Å². The summed E-state index contributed by atoms with van der Waals surface area (Å²) in [6, 6.07) is 13.1. The number of carbonyl (C=O) groups is 2. The van der Waals surface area contributed by atoms with E-state index >= 15 is 0 Å². The lowest BCUT2D eigenvalue weighted by atomic mass is 10.1. The molecule has 0 unspecified atom stereocenters. The summed E-state index contributed by atoms with van der Waals surface area (Å²) in [5.74, 6) is 1.94. The Balaban J connectivity index is 1.38. The van der Waals surface area contributed by atoms with Crippen LogP contribution in [0.5, 0.6) is 11.5 Å². The van der Waals surface area contributed by atoms with Gasteiger partial charge in [-0.2, -0.15) is 0 Å². The number of nitrogens with zero attached hydrogens (tertiary/aromatic N) is 5. The topological polar surface area (TPSA) is 88.1 Å². The second-order valence-electron chi connectivity index (χ2n) is 9.07. The Hall–Kier alpha value is -3.66. The molecule has 0 saturated carbocycles. The van der Waals surface area contributed by atoms with Gasteiger partial charge in [0, 0.05) is 37.8 Å². The molecule has 1 fully saturated rings. The normalized spacial score (nSPS) is 13.9. The molecule has 0 aliphatic carbocycles. The fourth-order valence-corrected chi connectivity index (χ4v) is 4.99. The smallest absolute Gasteiger partial charge is 0.264 e. The summed E-state index contributed by atoms with van der Waals surface area (Å²) >= 11 is 1.40. The highest BCUT2D eigenvalue weighted by Gasteiger charge is 2.26. The molecule has 0 bridgehead atoms. The van der Waals surface area contributed by atoms with E-state index in [2.05, 4.69) is 15.1 Å². The lowest BCUT2D eigenvalue weighted by Crippen LogP contribution is -2.46. The molecule has 1 aliphatic rings. The summed E-state index contributed by atoms with van der Waals surface area (Å²) in [6.07, 6.45) is 0.811.